The number of piperazine rings is 1. The number of para-hydroxylation sites is 1. The molecule has 2 aromatic rings. The predicted molar refractivity (Wildman–Crippen MR) is 111 cm³/mol. The first-order valence-electron chi connectivity index (χ1n) is 9.72. The van der Waals surface area contributed by atoms with E-state index in [1.807, 2.05) is 35.2 Å². The van der Waals surface area contributed by atoms with E-state index in [9.17, 15) is 4.79 Å². The Bertz CT molecular complexity index is 742. The summed E-state index contributed by atoms with van der Waals surface area (Å²) in [7, 11) is 0. The summed E-state index contributed by atoms with van der Waals surface area (Å²) in [6, 6.07) is 18.7. The van der Waals surface area contributed by atoms with E-state index in [0.717, 1.165) is 36.9 Å². The number of hydrogen-bond acceptors (Lipinski definition) is 2. The minimum Gasteiger partial charge on any atom is -0.367 e. The van der Waals surface area contributed by atoms with Gasteiger partial charge in [0.2, 0.25) is 0 Å². The molecule has 1 heterocycles. The number of quaternary nitrogens is 1. The van der Waals surface area contributed by atoms with Crippen molar-refractivity contribution in [2.45, 2.75) is 19.9 Å². The number of rotatable bonds is 6. The summed E-state index contributed by atoms with van der Waals surface area (Å²) in [5.74, 6) is 0.688. The van der Waals surface area contributed by atoms with Crippen molar-refractivity contribution in [2.24, 2.45) is 5.92 Å². The molecule has 0 spiro atoms. The molecular formula is C22H29ClN3O+. The zero-order chi connectivity index (χ0) is 19.2. The van der Waals surface area contributed by atoms with E-state index >= 15 is 0 Å². The third-order valence-corrected chi connectivity index (χ3v) is 5.59. The largest absolute Gasteiger partial charge is 0.367 e. The van der Waals surface area contributed by atoms with Gasteiger partial charge in [0.25, 0.3) is 5.91 Å². The Morgan fingerprint density at radius 2 is 1.63 bits per heavy atom. The maximum atomic E-state index is 12.7. The Hall–Kier alpha value is -2.04. The molecular weight excluding hydrogens is 358 g/mol. The first-order valence-corrected chi connectivity index (χ1v) is 10.1. The quantitative estimate of drug-likeness (QED) is 0.829. The van der Waals surface area contributed by atoms with Gasteiger partial charge in [0, 0.05) is 37.7 Å². The minimum absolute atomic E-state index is 0.218. The van der Waals surface area contributed by atoms with Crippen LogP contribution in [0.2, 0.25) is 5.02 Å². The third kappa shape index (κ3) is 5.02. The third-order valence-electron chi connectivity index (χ3n) is 5.27. The highest BCUT2D eigenvalue weighted by Gasteiger charge is 2.25. The lowest BCUT2D eigenvalue weighted by Gasteiger charge is -2.36. The summed E-state index contributed by atoms with van der Waals surface area (Å²) >= 11 is 6.30. The van der Waals surface area contributed by atoms with Crippen molar-refractivity contribution < 1.29 is 10.1 Å². The highest BCUT2D eigenvalue weighted by Crippen LogP contribution is 2.26. The van der Waals surface area contributed by atoms with E-state index in [-0.39, 0.29) is 5.91 Å². The van der Waals surface area contributed by atoms with Crippen LogP contribution in [-0.4, -0.2) is 43.5 Å². The number of amides is 1. The maximum Gasteiger partial charge on any atom is 0.277 e. The molecule has 5 heteroatoms. The number of anilines is 1. The SMILES string of the molecule is CC(C)[C@H]([NH2+]CC(=O)N1CCN(c2ccccc2Cl)CC1)c1ccccc1. The highest BCUT2D eigenvalue weighted by molar-refractivity contribution is 6.33. The lowest BCUT2D eigenvalue weighted by atomic mass is 9.96. The second-order valence-electron chi connectivity index (χ2n) is 7.44. The highest BCUT2D eigenvalue weighted by atomic mass is 35.5. The van der Waals surface area contributed by atoms with E-state index in [0.29, 0.717) is 18.5 Å². The number of carbonyl (C=O) groups excluding carboxylic acids is 1. The molecule has 0 bridgehead atoms. The maximum absolute atomic E-state index is 12.7. The fraction of sp³-hybridized carbons (Fsp3) is 0.409. The molecule has 1 fully saturated rings. The molecule has 2 N–H and O–H groups in total. The zero-order valence-electron chi connectivity index (χ0n) is 16.1. The lowest BCUT2D eigenvalue weighted by molar-refractivity contribution is -0.692. The molecule has 0 unspecified atom stereocenters. The second kappa shape index (κ2) is 9.25. The van der Waals surface area contributed by atoms with Crippen LogP contribution in [0, 0.1) is 5.92 Å². The molecule has 144 valence electrons. The zero-order valence-corrected chi connectivity index (χ0v) is 16.9. The topological polar surface area (TPSA) is 40.2 Å². The molecule has 1 saturated heterocycles. The van der Waals surface area contributed by atoms with Gasteiger partial charge >= 0.3 is 0 Å². The molecule has 1 aliphatic rings. The number of carbonyl (C=O) groups is 1. The molecule has 0 aromatic heterocycles. The molecule has 4 nitrogen and oxygen atoms in total. The average molecular weight is 387 g/mol. The Kier molecular flexibility index (Phi) is 6.75. The first kappa shape index (κ1) is 19.7. The summed E-state index contributed by atoms with van der Waals surface area (Å²) in [5.41, 5.74) is 2.34. The molecule has 1 atom stereocenters. The molecule has 27 heavy (non-hydrogen) atoms. The van der Waals surface area contributed by atoms with Crippen LogP contribution in [0.4, 0.5) is 5.69 Å². The van der Waals surface area contributed by atoms with Gasteiger partial charge in [-0.15, -0.1) is 0 Å². The van der Waals surface area contributed by atoms with E-state index < -0.39 is 0 Å². The predicted octanol–water partition coefficient (Wildman–Crippen LogP) is 2.95. The van der Waals surface area contributed by atoms with Crippen LogP contribution in [-0.2, 0) is 4.79 Å². The second-order valence-corrected chi connectivity index (χ2v) is 7.85. The number of hydrogen-bond donors (Lipinski definition) is 1. The van der Waals surface area contributed by atoms with Crippen molar-refractivity contribution in [3.8, 4) is 0 Å². The fourth-order valence-electron chi connectivity index (χ4n) is 3.73. The van der Waals surface area contributed by atoms with Crippen LogP contribution >= 0.6 is 11.6 Å². The molecule has 1 amide bonds. The van der Waals surface area contributed by atoms with E-state index in [1.165, 1.54) is 5.56 Å². The Morgan fingerprint density at radius 3 is 2.26 bits per heavy atom. The molecule has 0 saturated carbocycles. The van der Waals surface area contributed by atoms with Crippen molar-refractivity contribution >= 4 is 23.2 Å². The van der Waals surface area contributed by atoms with Crippen LogP contribution in [0.5, 0.6) is 0 Å². The van der Waals surface area contributed by atoms with Gasteiger partial charge in [-0.1, -0.05) is 67.9 Å². The van der Waals surface area contributed by atoms with Gasteiger partial charge in [-0.05, 0) is 12.1 Å². The molecule has 0 aliphatic carbocycles. The summed E-state index contributed by atoms with van der Waals surface area (Å²) in [5, 5.41) is 2.95. The Balaban J connectivity index is 1.53. The lowest BCUT2D eigenvalue weighted by Crippen LogP contribution is -2.88. The summed E-state index contributed by atoms with van der Waals surface area (Å²) in [6.45, 7) is 8.04. The van der Waals surface area contributed by atoms with Crippen molar-refractivity contribution in [1.82, 2.24) is 4.90 Å². The number of nitrogens with zero attached hydrogens (tertiary/aromatic N) is 2. The van der Waals surface area contributed by atoms with Gasteiger partial charge < -0.3 is 15.1 Å². The number of nitrogens with two attached hydrogens (primary N) is 1. The smallest absolute Gasteiger partial charge is 0.277 e. The van der Waals surface area contributed by atoms with Gasteiger partial charge in [0.05, 0.1) is 10.7 Å². The van der Waals surface area contributed by atoms with E-state index in [4.69, 9.17) is 11.6 Å². The average Bonchev–Trinajstić information content (AvgIpc) is 2.69. The van der Waals surface area contributed by atoms with Crippen LogP contribution in [0.3, 0.4) is 0 Å². The molecule has 3 rings (SSSR count). The summed E-state index contributed by atoms with van der Waals surface area (Å²) < 4.78 is 0. The summed E-state index contributed by atoms with van der Waals surface area (Å²) in [6.07, 6.45) is 0. The van der Waals surface area contributed by atoms with Crippen LogP contribution in [0.25, 0.3) is 0 Å². The number of halogens is 1. The van der Waals surface area contributed by atoms with E-state index in [1.54, 1.807) is 0 Å². The monoisotopic (exact) mass is 386 g/mol. The van der Waals surface area contributed by atoms with Gasteiger partial charge in [0.15, 0.2) is 6.54 Å². The Morgan fingerprint density at radius 1 is 1.00 bits per heavy atom. The van der Waals surface area contributed by atoms with Crippen molar-refractivity contribution in [3.05, 3.63) is 65.2 Å². The minimum atomic E-state index is 0.218. The first-order chi connectivity index (χ1) is 13.1. The molecule has 2 aromatic carbocycles. The molecule has 1 aliphatic heterocycles. The van der Waals surface area contributed by atoms with Crippen LogP contribution < -0.4 is 10.2 Å². The Labute approximate surface area is 167 Å². The van der Waals surface area contributed by atoms with Crippen molar-refractivity contribution in [1.29, 1.82) is 0 Å². The fourth-order valence-corrected chi connectivity index (χ4v) is 3.99. The molecule has 0 radical (unpaired) electrons. The van der Waals surface area contributed by atoms with Crippen LogP contribution in [0.1, 0.15) is 25.5 Å². The van der Waals surface area contributed by atoms with Gasteiger partial charge in [0.1, 0.15) is 6.04 Å². The van der Waals surface area contributed by atoms with Gasteiger partial charge in [-0.25, -0.2) is 0 Å². The summed E-state index contributed by atoms with van der Waals surface area (Å²) in [4.78, 5) is 17.0. The van der Waals surface area contributed by atoms with Crippen molar-refractivity contribution in [2.75, 3.05) is 37.6 Å². The van der Waals surface area contributed by atoms with Crippen molar-refractivity contribution in [3.63, 3.8) is 0 Å². The number of benzene rings is 2. The van der Waals surface area contributed by atoms with Gasteiger partial charge in [-0.2, -0.15) is 0 Å². The van der Waals surface area contributed by atoms with E-state index in [2.05, 4.69) is 48.3 Å². The van der Waals surface area contributed by atoms with Gasteiger partial charge in [-0.3, -0.25) is 4.79 Å². The normalized spacial score (nSPS) is 15.9. The van der Waals surface area contributed by atoms with Crippen LogP contribution in [0.15, 0.2) is 54.6 Å². The standard InChI is InChI=1S/C22H28ClN3O/c1-17(2)22(18-8-4-3-5-9-18)24-16-21(27)26-14-12-25(13-15-26)20-11-7-6-10-19(20)23/h3-11,17,22,24H,12-16H2,1-2H3/p+1/t22-/m0/s1.